The Hall–Kier alpha value is -1.02. The van der Waals surface area contributed by atoms with Crippen molar-refractivity contribution < 1.29 is 14.6 Å². The molecule has 0 aliphatic heterocycles. The lowest BCUT2D eigenvalue weighted by molar-refractivity contribution is -0.00993. The van der Waals surface area contributed by atoms with Gasteiger partial charge in [-0.25, -0.2) is 0 Å². The SMILES string of the molecule is CC(C)OCCOCC(O)CNCCCn1ccnn1. The molecule has 0 spiro atoms. The summed E-state index contributed by atoms with van der Waals surface area (Å²) in [7, 11) is 0. The number of aromatic nitrogens is 3. The summed E-state index contributed by atoms with van der Waals surface area (Å²) in [5, 5.41) is 20.5. The number of ether oxygens (including phenoxy) is 2. The molecule has 0 aromatic carbocycles. The summed E-state index contributed by atoms with van der Waals surface area (Å²) in [6, 6.07) is 0. The smallest absolute Gasteiger partial charge is 0.0897 e. The van der Waals surface area contributed by atoms with Crippen LogP contribution >= 0.6 is 0 Å². The molecule has 0 radical (unpaired) electrons. The summed E-state index contributed by atoms with van der Waals surface area (Å²) in [6.45, 7) is 7.56. The number of nitrogens with one attached hydrogen (secondary N) is 1. The van der Waals surface area contributed by atoms with Gasteiger partial charge >= 0.3 is 0 Å². The molecule has 7 nitrogen and oxygen atoms in total. The molecule has 20 heavy (non-hydrogen) atoms. The highest BCUT2D eigenvalue weighted by atomic mass is 16.5. The molecule has 1 unspecified atom stereocenters. The molecule has 0 amide bonds. The zero-order chi connectivity index (χ0) is 14.6. The number of nitrogens with zero attached hydrogens (tertiary/aromatic N) is 3. The van der Waals surface area contributed by atoms with Gasteiger partial charge in [0.2, 0.25) is 0 Å². The van der Waals surface area contributed by atoms with Crippen LogP contribution in [0.25, 0.3) is 0 Å². The first-order chi connectivity index (χ1) is 9.68. The van der Waals surface area contributed by atoms with E-state index in [2.05, 4.69) is 15.6 Å². The van der Waals surface area contributed by atoms with Crippen molar-refractivity contribution in [2.45, 2.75) is 39.0 Å². The van der Waals surface area contributed by atoms with Gasteiger partial charge in [0.25, 0.3) is 0 Å². The van der Waals surface area contributed by atoms with E-state index in [-0.39, 0.29) is 6.10 Å². The third kappa shape index (κ3) is 8.98. The number of rotatable bonds is 12. The first-order valence-corrected chi connectivity index (χ1v) is 7.10. The van der Waals surface area contributed by atoms with E-state index in [1.807, 2.05) is 20.0 Å². The van der Waals surface area contributed by atoms with Crippen molar-refractivity contribution in [1.29, 1.82) is 0 Å². The van der Waals surface area contributed by atoms with Crippen molar-refractivity contribution in [1.82, 2.24) is 20.3 Å². The summed E-state index contributed by atoms with van der Waals surface area (Å²) in [4.78, 5) is 0. The van der Waals surface area contributed by atoms with Crippen LogP contribution in [0.2, 0.25) is 0 Å². The molecule has 0 saturated heterocycles. The third-order valence-electron chi connectivity index (χ3n) is 2.58. The predicted molar refractivity (Wildman–Crippen MR) is 75.4 cm³/mol. The fourth-order valence-electron chi connectivity index (χ4n) is 1.61. The van der Waals surface area contributed by atoms with Crippen molar-refractivity contribution in [2.75, 3.05) is 32.9 Å². The average molecular weight is 286 g/mol. The molecular weight excluding hydrogens is 260 g/mol. The maximum absolute atomic E-state index is 9.69. The molecule has 116 valence electrons. The van der Waals surface area contributed by atoms with Crippen molar-refractivity contribution in [3.8, 4) is 0 Å². The van der Waals surface area contributed by atoms with Gasteiger partial charge in [-0.15, -0.1) is 5.10 Å². The van der Waals surface area contributed by atoms with Gasteiger partial charge in [0.05, 0.1) is 38.2 Å². The minimum Gasteiger partial charge on any atom is -0.389 e. The third-order valence-corrected chi connectivity index (χ3v) is 2.58. The van der Waals surface area contributed by atoms with Crippen molar-refractivity contribution in [2.24, 2.45) is 0 Å². The highest BCUT2D eigenvalue weighted by Crippen LogP contribution is 1.90. The standard InChI is InChI=1S/C13H26N4O3/c1-12(2)20-9-8-19-11-13(18)10-14-4-3-6-17-7-5-15-16-17/h5,7,12-14,18H,3-4,6,8-11H2,1-2H3. The highest BCUT2D eigenvalue weighted by molar-refractivity contribution is 4.64. The first kappa shape index (κ1) is 17.0. The van der Waals surface area contributed by atoms with E-state index >= 15 is 0 Å². The number of aryl methyl sites for hydroxylation is 1. The Morgan fingerprint density at radius 2 is 2.20 bits per heavy atom. The van der Waals surface area contributed by atoms with Crippen LogP contribution in [0.3, 0.4) is 0 Å². The molecule has 0 aliphatic rings. The van der Waals surface area contributed by atoms with Gasteiger partial charge in [-0.2, -0.15) is 0 Å². The fraction of sp³-hybridized carbons (Fsp3) is 0.846. The molecular formula is C13H26N4O3. The number of hydrogen-bond acceptors (Lipinski definition) is 6. The molecule has 1 aromatic heterocycles. The lowest BCUT2D eigenvalue weighted by Crippen LogP contribution is -2.31. The molecule has 0 saturated carbocycles. The van der Waals surface area contributed by atoms with Gasteiger partial charge in [-0.05, 0) is 26.8 Å². The van der Waals surface area contributed by atoms with Gasteiger partial charge in [-0.3, -0.25) is 4.68 Å². The predicted octanol–water partition coefficient (Wildman–Crippen LogP) is 0.0603. The Morgan fingerprint density at radius 1 is 1.35 bits per heavy atom. The van der Waals surface area contributed by atoms with E-state index in [1.165, 1.54) is 0 Å². The van der Waals surface area contributed by atoms with E-state index in [0.717, 1.165) is 19.5 Å². The minimum absolute atomic E-state index is 0.218. The van der Waals surface area contributed by atoms with E-state index in [1.54, 1.807) is 10.9 Å². The quantitative estimate of drug-likeness (QED) is 0.529. The summed E-state index contributed by atoms with van der Waals surface area (Å²) < 4.78 is 12.4. The van der Waals surface area contributed by atoms with Crippen LogP contribution in [0.1, 0.15) is 20.3 Å². The van der Waals surface area contributed by atoms with Gasteiger partial charge in [-0.1, -0.05) is 5.21 Å². The van der Waals surface area contributed by atoms with Crippen LogP contribution < -0.4 is 5.32 Å². The molecule has 0 bridgehead atoms. The van der Waals surface area contributed by atoms with Crippen molar-refractivity contribution in [3.05, 3.63) is 12.4 Å². The molecule has 1 aromatic rings. The Kier molecular flexibility index (Phi) is 9.14. The fourth-order valence-corrected chi connectivity index (χ4v) is 1.61. The maximum atomic E-state index is 9.69. The Labute approximate surface area is 120 Å². The normalized spacial score (nSPS) is 13.0. The molecule has 0 fully saturated rings. The highest BCUT2D eigenvalue weighted by Gasteiger charge is 2.03. The van der Waals surface area contributed by atoms with Crippen LogP contribution in [0.5, 0.6) is 0 Å². The molecule has 7 heteroatoms. The van der Waals surface area contributed by atoms with Crippen molar-refractivity contribution >= 4 is 0 Å². The van der Waals surface area contributed by atoms with Crippen LogP contribution in [0, 0.1) is 0 Å². The Morgan fingerprint density at radius 3 is 2.90 bits per heavy atom. The van der Waals surface area contributed by atoms with Crippen molar-refractivity contribution in [3.63, 3.8) is 0 Å². The monoisotopic (exact) mass is 286 g/mol. The number of aliphatic hydroxyl groups is 1. The zero-order valence-corrected chi connectivity index (χ0v) is 12.4. The van der Waals surface area contributed by atoms with Gasteiger partial charge < -0.3 is 19.9 Å². The molecule has 1 rings (SSSR count). The van der Waals surface area contributed by atoms with Crippen LogP contribution in [0.4, 0.5) is 0 Å². The molecule has 1 atom stereocenters. The van der Waals surface area contributed by atoms with E-state index < -0.39 is 6.10 Å². The second kappa shape index (κ2) is 10.7. The summed E-state index contributed by atoms with van der Waals surface area (Å²) in [5.41, 5.74) is 0. The summed E-state index contributed by atoms with van der Waals surface area (Å²) in [6.07, 6.45) is 4.18. The second-order valence-corrected chi connectivity index (χ2v) is 4.87. The van der Waals surface area contributed by atoms with Crippen LogP contribution in [-0.4, -0.2) is 65.2 Å². The largest absolute Gasteiger partial charge is 0.389 e. The molecule has 2 N–H and O–H groups in total. The Balaban J connectivity index is 1.86. The van der Waals surface area contributed by atoms with Crippen LogP contribution in [0.15, 0.2) is 12.4 Å². The zero-order valence-electron chi connectivity index (χ0n) is 12.4. The maximum Gasteiger partial charge on any atom is 0.0897 e. The Bertz CT molecular complexity index is 319. The van der Waals surface area contributed by atoms with Crippen LogP contribution in [-0.2, 0) is 16.0 Å². The lowest BCUT2D eigenvalue weighted by atomic mass is 10.3. The summed E-state index contributed by atoms with van der Waals surface area (Å²) >= 11 is 0. The number of aliphatic hydroxyl groups excluding tert-OH is 1. The summed E-state index contributed by atoms with van der Waals surface area (Å²) in [5.74, 6) is 0. The average Bonchev–Trinajstić information content (AvgIpc) is 2.90. The van der Waals surface area contributed by atoms with E-state index in [0.29, 0.717) is 26.4 Å². The van der Waals surface area contributed by atoms with Gasteiger partial charge in [0, 0.05) is 19.3 Å². The van der Waals surface area contributed by atoms with Gasteiger partial charge in [0.15, 0.2) is 0 Å². The topological polar surface area (TPSA) is 81.4 Å². The number of hydrogen-bond donors (Lipinski definition) is 2. The minimum atomic E-state index is -0.486. The van der Waals surface area contributed by atoms with E-state index in [9.17, 15) is 5.11 Å². The van der Waals surface area contributed by atoms with Gasteiger partial charge in [0.1, 0.15) is 0 Å². The second-order valence-electron chi connectivity index (χ2n) is 4.87. The van der Waals surface area contributed by atoms with E-state index in [4.69, 9.17) is 9.47 Å². The first-order valence-electron chi connectivity index (χ1n) is 7.10. The lowest BCUT2D eigenvalue weighted by Gasteiger charge is -2.13. The molecule has 0 aliphatic carbocycles. The molecule has 1 heterocycles.